The second-order valence-electron chi connectivity index (χ2n) is 8.24. The number of hydrogen-bond acceptors (Lipinski definition) is 5. The van der Waals surface area contributed by atoms with E-state index in [1.807, 2.05) is 14.0 Å². The van der Waals surface area contributed by atoms with E-state index in [2.05, 4.69) is 10.6 Å². The molecular formula is C21H36N4O5. The number of hydrogen-bond donors (Lipinski definition) is 2. The van der Waals surface area contributed by atoms with Gasteiger partial charge in [0.15, 0.2) is 0 Å². The molecule has 2 rings (SSSR count). The number of carbonyl (C=O) groups excluding carboxylic acids is 4. The molecule has 0 bridgehead atoms. The molecule has 9 heteroatoms. The average Bonchev–Trinajstić information content (AvgIpc) is 3.20. The molecule has 2 saturated heterocycles. The van der Waals surface area contributed by atoms with Crippen molar-refractivity contribution in [3.8, 4) is 0 Å². The highest BCUT2D eigenvalue weighted by atomic mass is 16.7. The summed E-state index contributed by atoms with van der Waals surface area (Å²) in [5.74, 6) is -0.434. The molecular weight excluding hydrogens is 388 g/mol. The lowest BCUT2D eigenvalue weighted by atomic mass is 10.0. The predicted octanol–water partition coefficient (Wildman–Crippen LogP) is 2.11. The van der Waals surface area contributed by atoms with Gasteiger partial charge in [0, 0.05) is 38.9 Å². The third-order valence-corrected chi connectivity index (χ3v) is 5.77. The quantitative estimate of drug-likeness (QED) is 0.440. The number of rotatable bonds is 13. The van der Waals surface area contributed by atoms with E-state index in [-0.39, 0.29) is 42.3 Å². The first-order valence-electron chi connectivity index (χ1n) is 11.2. The van der Waals surface area contributed by atoms with Gasteiger partial charge in [-0.3, -0.25) is 9.59 Å². The lowest BCUT2D eigenvalue weighted by Gasteiger charge is -2.20. The second-order valence-corrected chi connectivity index (χ2v) is 8.24. The second kappa shape index (κ2) is 12.4. The normalized spacial score (nSPS) is 21.1. The number of likely N-dealkylation sites (N-methyl/N-ethyl adjacent to an activating group) is 1. The number of unbranched alkanes of at least 4 members (excludes halogenated alkanes) is 4. The highest BCUT2D eigenvalue weighted by molar-refractivity contribution is 5.79. The Hall–Kier alpha value is -2.32. The topological polar surface area (TPSA) is 108 Å². The molecule has 0 aromatic rings. The van der Waals surface area contributed by atoms with Crippen LogP contribution in [0.5, 0.6) is 0 Å². The Morgan fingerprint density at radius 2 is 1.83 bits per heavy atom. The first-order valence-corrected chi connectivity index (χ1v) is 11.2. The maximum atomic E-state index is 11.9. The first kappa shape index (κ1) is 24.0. The summed E-state index contributed by atoms with van der Waals surface area (Å²) >= 11 is 0. The molecule has 0 radical (unpaired) electrons. The molecule has 0 spiro atoms. The molecule has 2 aliphatic rings. The Kier molecular flexibility index (Phi) is 9.89. The number of nitrogens with one attached hydrogen (secondary N) is 2. The molecule has 2 N–H and O–H groups in total. The highest BCUT2D eigenvalue weighted by Gasteiger charge is 2.33. The van der Waals surface area contributed by atoms with Gasteiger partial charge < -0.3 is 20.4 Å². The monoisotopic (exact) mass is 424 g/mol. The fraction of sp³-hybridized carbons (Fsp3) is 0.810. The number of urea groups is 1. The van der Waals surface area contributed by atoms with Crippen LogP contribution in [-0.2, 0) is 19.2 Å². The van der Waals surface area contributed by atoms with Crippen molar-refractivity contribution in [1.29, 1.82) is 0 Å². The van der Waals surface area contributed by atoms with Gasteiger partial charge in [0.25, 0.3) is 5.91 Å². The van der Waals surface area contributed by atoms with Gasteiger partial charge in [-0.15, -0.1) is 0 Å². The number of carbonyl (C=O) groups is 4. The lowest BCUT2D eigenvalue weighted by Crippen LogP contribution is -2.32. The Balaban J connectivity index is 1.40. The zero-order valence-electron chi connectivity index (χ0n) is 18.3. The zero-order chi connectivity index (χ0) is 21.9. The summed E-state index contributed by atoms with van der Waals surface area (Å²) in [6.07, 6.45) is 8.08. The van der Waals surface area contributed by atoms with Gasteiger partial charge in [-0.1, -0.05) is 19.3 Å². The summed E-state index contributed by atoms with van der Waals surface area (Å²) in [5.41, 5.74) is 0. The van der Waals surface area contributed by atoms with E-state index in [9.17, 15) is 19.2 Å². The molecule has 2 unspecified atom stereocenters. The van der Waals surface area contributed by atoms with Crippen molar-refractivity contribution in [3.05, 3.63) is 0 Å². The van der Waals surface area contributed by atoms with Crippen LogP contribution in [0.25, 0.3) is 0 Å². The van der Waals surface area contributed by atoms with Crippen LogP contribution in [0.15, 0.2) is 0 Å². The molecule has 2 aliphatic heterocycles. The summed E-state index contributed by atoms with van der Waals surface area (Å²) in [6, 6.07) is 0.403. The molecule has 0 aromatic heterocycles. The van der Waals surface area contributed by atoms with Crippen molar-refractivity contribution in [2.24, 2.45) is 0 Å². The Labute approximate surface area is 178 Å². The summed E-state index contributed by atoms with van der Waals surface area (Å²) in [5, 5.41) is 6.99. The van der Waals surface area contributed by atoms with Crippen molar-refractivity contribution in [2.45, 2.75) is 89.6 Å². The highest BCUT2D eigenvalue weighted by Crippen LogP contribution is 2.18. The first-order chi connectivity index (χ1) is 14.4. The molecule has 0 saturated carbocycles. The summed E-state index contributed by atoms with van der Waals surface area (Å²) in [6.45, 7) is 3.12. The Morgan fingerprint density at radius 3 is 2.50 bits per heavy atom. The van der Waals surface area contributed by atoms with E-state index >= 15 is 0 Å². The zero-order valence-corrected chi connectivity index (χ0v) is 18.3. The van der Waals surface area contributed by atoms with E-state index < -0.39 is 0 Å². The minimum absolute atomic E-state index is 0.00883. The van der Waals surface area contributed by atoms with E-state index in [0.717, 1.165) is 50.0 Å². The van der Waals surface area contributed by atoms with Crippen molar-refractivity contribution in [3.63, 3.8) is 0 Å². The third-order valence-electron chi connectivity index (χ3n) is 5.77. The summed E-state index contributed by atoms with van der Waals surface area (Å²) in [7, 11) is 1.83. The van der Waals surface area contributed by atoms with Gasteiger partial charge in [-0.2, -0.15) is 5.06 Å². The fourth-order valence-corrected chi connectivity index (χ4v) is 3.91. The maximum Gasteiger partial charge on any atom is 0.332 e. The van der Waals surface area contributed by atoms with Crippen molar-refractivity contribution >= 4 is 23.8 Å². The molecule has 4 amide bonds. The predicted molar refractivity (Wildman–Crippen MR) is 111 cm³/mol. The van der Waals surface area contributed by atoms with E-state index in [0.29, 0.717) is 32.4 Å². The number of hydroxylamine groups is 2. The largest absolute Gasteiger partial charge is 0.356 e. The van der Waals surface area contributed by atoms with Crippen molar-refractivity contribution in [1.82, 2.24) is 20.6 Å². The lowest BCUT2D eigenvalue weighted by molar-refractivity contribution is -0.192. The molecule has 2 atom stereocenters. The van der Waals surface area contributed by atoms with Gasteiger partial charge in [0.1, 0.15) is 0 Å². The van der Waals surface area contributed by atoms with Crippen LogP contribution in [0.3, 0.4) is 0 Å². The number of amides is 4. The minimum Gasteiger partial charge on any atom is -0.356 e. The number of nitrogens with zero attached hydrogens (tertiary/aromatic N) is 2. The standard InChI is InChI=1S/C21H36N4O5/c1-16-17(24(2)21(29)23-16)10-5-3-6-11-18(26)22-14-8-4-7-13-20(28)30-25-15-9-12-19(25)27/h16-17H,3-15H2,1-2H3,(H,22,26)(H,23,29). The molecule has 9 nitrogen and oxygen atoms in total. The van der Waals surface area contributed by atoms with Crippen LogP contribution in [0.1, 0.15) is 77.6 Å². The van der Waals surface area contributed by atoms with Gasteiger partial charge in [-0.25, -0.2) is 9.59 Å². The Bertz CT molecular complexity index is 612. The average molecular weight is 425 g/mol. The van der Waals surface area contributed by atoms with Crippen LogP contribution in [-0.4, -0.2) is 66.0 Å². The fourth-order valence-electron chi connectivity index (χ4n) is 3.91. The molecule has 0 aromatic carbocycles. The van der Waals surface area contributed by atoms with E-state index in [1.54, 1.807) is 4.90 Å². The van der Waals surface area contributed by atoms with Crippen molar-refractivity contribution < 1.29 is 24.0 Å². The van der Waals surface area contributed by atoms with Crippen LogP contribution in [0, 0.1) is 0 Å². The van der Waals surface area contributed by atoms with Crippen LogP contribution in [0.2, 0.25) is 0 Å². The van der Waals surface area contributed by atoms with Gasteiger partial charge in [0.05, 0.1) is 12.6 Å². The molecule has 2 heterocycles. The molecule has 2 fully saturated rings. The minimum atomic E-state index is -0.368. The Morgan fingerprint density at radius 1 is 1.10 bits per heavy atom. The summed E-state index contributed by atoms with van der Waals surface area (Å²) < 4.78 is 0. The SMILES string of the molecule is CC1NC(=O)N(C)C1CCCCCC(=O)NCCCCCC(=O)ON1CCCC1=O. The van der Waals surface area contributed by atoms with Crippen LogP contribution >= 0.6 is 0 Å². The molecule has 0 aliphatic carbocycles. The third kappa shape index (κ3) is 7.84. The van der Waals surface area contributed by atoms with E-state index in [1.165, 1.54) is 0 Å². The van der Waals surface area contributed by atoms with Crippen LogP contribution < -0.4 is 10.6 Å². The molecule has 170 valence electrons. The summed E-state index contributed by atoms with van der Waals surface area (Å²) in [4.78, 5) is 53.3. The van der Waals surface area contributed by atoms with Gasteiger partial charge in [0.2, 0.25) is 5.91 Å². The van der Waals surface area contributed by atoms with Crippen LogP contribution in [0.4, 0.5) is 4.79 Å². The smallest absolute Gasteiger partial charge is 0.332 e. The van der Waals surface area contributed by atoms with Gasteiger partial charge in [-0.05, 0) is 39.0 Å². The molecule has 30 heavy (non-hydrogen) atoms. The van der Waals surface area contributed by atoms with Gasteiger partial charge >= 0.3 is 12.0 Å². The van der Waals surface area contributed by atoms with E-state index in [4.69, 9.17) is 4.84 Å². The van der Waals surface area contributed by atoms with Crippen molar-refractivity contribution in [2.75, 3.05) is 20.1 Å². The maximum absolute atomic E-state index is 11.9.